The number of aliphatic carboxylic acids is 2. The van der Waals surface area contributed by atoms with Gasteiger partial charge in [-0.1, -0.05) is 0 Å². The van der Waals surface area contributed by atoms with Crippen LogP contribution in [-0.4, -0.2) is 197 Å². The molecule has 30 nitrogen and oxygen atoms in total. The van der Waals surface area contributed by atoms with E-state index in [0.717, 1.165) is 25.5 Å². The molecule has 1 unspecified atom stereocenters. The molecule has 0 aromatic carbocycles. The van der Waals surface area contributed by atoms with Crippen LogP contribution in [0.15, 0.2) is 4.99 Å². The van der Waals surface area contributed by atoms with Crippen molar-refractivity contribution in [3.63, 3.8) is 0 Å². The summed E-state index contributed by atoms with van der Waals surface area (Å²) >= 11 is 8.98. The number of aldehydes is 1. The molecule has 0 aromatic heterocycles. The molecular formula is C74H108Cl2N2O28. The van der Waals surface area contributed by atoms with Gasteiger partial charge in [-0.15, -0.1) is 0 Å². The van der Waals surface area contributed by atoms with E-state index in [1.54, 1.807) is 0 Å². The molecule has 0 radical (unpaired) electrons. The number of nitrogens with two attached hydrogens (primary N) is 1. The Morgan fingerprint density at radius 1 is 0.443 bits per heavy atom. The second-order valence-corrected chi connectivity index (χ2v) is 37.6. The first-order chi connectivity index (χ1) is 48.1. The maximum absolute atomic E-state index is 12.2. The van der Waals surface area contributed by atoms with E-state index in [4.69, 9.17) is 59.3 Å². The van der Waals surface area contributed by atoms with Gasteiger partial charge in [0.25, 0.3) is 0 Å². The van der Waals surface area contributed by atoms with Crippen LogP contribution in [0.4, 0.5) is 0 Å². The number of methoxy groups -OCH3 is 4. The van der Waals surface area contributed by atoms with Crippen LogP contribution in [0, 0.1) is 65.0 Å². The smallest absolute Gasteiger partial charge is 0.334 e. The van der Waals surface area contributed by atoms with Gasteiger partial charge in [-0.2, -0.15) is 0 Å². The minimum absolute atomic E-state index is 0.0691. The first-order valence-electron chi connectivity index (χ1n) is 35.2. The lowest BCUT2D eigenvalue weighted by Crippen LogP contribution is -2.69. The fourth-order valence-corrected chi connectivity index (χ4v) is 17.0. The van der Waals surface area contributed by atoms with Crippen molar-refractivity contribution >= 4 is 112 Å². The third kappa shape index (κ3) is 18.0. The number of hydrogen-bond donors (Lipinski definition) is 5. The number of halogens is 2. The average molecular weight is 1540 g/mol. The summed E-state index contributed by atoms with van der Waals surface area (Å²) in [5.41, 5.74) is -1.13. The fourth-order valence-electron chi connectivity index (χ4n) is 17.0. The van der Waals surface area contributed by atoms with E-state index in [1.807, 2.05) is 104 Å². The van der Waals surface area contributed by atoms with Gasteiger partial charge in [-0.25, -0.2) is 9.79 Å². The molecule has 0 amide bonds. The Morgan fingerprint density at radius 3 is 0.943 bits per heavy atom. The van der Waals surface area contributed by atoms with Gasteiger partial charge in [0.2, 0.25) is 0 Å². The normalized spacial score (nSPS) is 34.6. The van der Waals surface area contributed by atoms with Crippen LogP contribution in [0.2, 0.25) is 0 Å². The second kappa shape index (κ2) is 29.8. The highest BCUT2D eigenvalue weighted by molar-refractivity contribution is 6.97. The number of esters is 9. The van der Waals surface area contributed by atoms with E-state index in [2.05, 4.69) is 42.4 Å². The molecular weight excluding hydrogens is 1440 g/mol. The molecule has 106 heavy (non-hydrogen) atoms. The second-order valence-electron chi connectivity index (χ2n) is 36.9. The highest BCUT2D eigenvalue weighted by atomic mass is 35.5. The lowest BCUT2D eigenvalue weighted by atomic mass is 9.35. The zero-order valence-corrected chi connectivity index (χ0v) is 66.0. The molecule has 18 saturated carbocycles. The van der Waals surface area contributed by atoms with Gasteiger partial charge in [-0.05, 0) is 248 Å². The third-order valence-corrected chi connectivity index (χ3v) is 22.1. The van der Waals surface area contributed by atoms with Crippen LogP contribution in [0.25, 0.3) is 0 Å². The van der Waals surface area contributed by atoms with Crippen molar-refractivity contribution in [1.29, 1.82) is 0 Å². The number of carboxylic acid groups (broad SMARTS) is 2. The Balaban J connectivity index is 0.000000194. The first kappa shape index (κ1) is 88.0. The van der Waals surface area contributed by atoms with Gasteiger partial charge >= 0.3 is 76.1 Å². The standard InChI is InChI=1S/C15H21NO5.C12H18O4.C11H16O4.C11H18O3.C11H16O3.C8H10O4.C4H9NO3.C2Cl2O2/c1-13(2,3)21-12(18)15-6-14(7-15,8-15)11-16-9(5-20-11)10(17)19-4;1-10(2,3)16-9(14)12-5-11(6-12,7-12)8(13)15-4;1-9(2,3)15-8(14)11-4-10(5-11,6-11)7(12)13;2*1-9(2,3)14-8(13)11-4-10(5-11,6-11)7-12;1-12-6(11)8-2-7(3-8,4-8)5(9)10;1-8-4(7)3(5)2-6;3-1(5)2(4)6/h9H,5-8H2,1-4H3;5-7H2,1-4H3;4-6H2,1-3H3,(H,12,13);12H,4-7H2,1-3H3;7H,4-6H2,1-3H3;2-4H2,1H3,(H,9,10);3,6H,2,5H2,1H3;/t;;;;;;3-;/m......1./s1. The van der Waals surface area contributed by atoms with Gasteiger partial charge in [-0.3, -0.25) is 57.5 Å². The molecule has 0 saturated heterocycles. The van der Waals surface area contributed by atoms with Crippen LogP contribution < -0.4 is 5.73 Å². The SMILES string of the molecule is CC(C)(C)OC(=O)C12CC(C(=O)O)(C1)C2.CC(C)(C)OC(=O)C12CC(C=O)(C1)C2.CC(C)(C)OC(=O)C12CC(CO)(C1)C2.COC(=O)C12CC(C(=O)O)(C1)C2.COC(=O)C12CC(C(=O)OC(C)(C)C)(C1)C2.COC(=O)C1COC(C23CC(C(=O)OC(C)(C)C)(C2)C3)=N1.COC(=O)[C@H](N)CO.O=C(Cl)C(=O)Cl. The zero-order chi connectivity index (χ0) is 81.1. The Labute approximate surface area is 627 Å². The quantitative estimate of drug-likeness (QED) is 0.0332. The number of rotatable bonds is 16. The Morgan fingerprint density at radius 2 is 0.717 bits per heavy atom. The predicted molar refractivity (Wildman–Crippen MR) is 372 cm³/mol. The number of ether oxygens (including phenoxy) is 10. The third-order valence-electron chi connectivity index (χ3n) is 21.7. The molecule has 1 heterocycles. The number of aliphatic imine (C=N–C) groups is 1. The van der Waals surface area contributed by atoms with Gasteiger partial charge in [0, 0.05) is 17.4 Å². The minimum Gasteiger partial charge on any atom is -0.481 e. The summed E-state index contributed by atoms with van der Waals surface area (Å²) < 4.78 is 50.5. The summed E-state index contributed by atoms with van der Waals surface area (Å²) in [4.78, 5) is 159. The van der Waals surface area contributed by atoms with Crippen LogP contribution in [-0.2, 0) is 114 Å². The predicted octanol–water partition coefficient (Wildman–Crippen LogP) is 7.32. The maximum Gasteiger partial charge on any atom is 0.334 e. The number of hydrogen-bond acceptors (Lipinski definition) is 28. The van der Waals surface area contributed by atoms with E-state index < -0.39 is 84.5 Å². The molecule has 18 aliphatic carbocycles. The highest BCUT2D eigenvalue weighted by Gasteiger charge is 2.80. The summed E-state index contributed by atoms with van der Waals surface area (Å²) in [6, 6.07) is -1.45. The zero-order valence-electron chi connectivity index (χ0n) is 64.4. The van der Waals surface area contributed by atoms with Crippen molar-refractivity contribution in [2.75, 3.05) is 48.3 Å². The molecule has 0 aromatic rings. The van der Waals surface area contributed by atoms with Gasteiger partial charge in [0.1, 0.15) is 46.9 Å². The molecule has 18 fully saturated rings. The lowest BCUT2D eigenvalue weighted by Gasteiger charge is -2.68. The Bertz CT molecular complexity index is 3420. The van der Waals surface area contributed by atoms with Crippen LogP contribution >= 0.6 is 23.2 Å². The monoisotopic (exact) mass is 1540 g/mol. The molecule has 12 bridgehead atoms. The van der Waals surface area contributed by atoms with E-state index in [1.165, 1.54) is 28.4 Å². The van der Waals surface area contributed by atoms with Crippen LogP contribution in [0.3, 0.4) is 0 Å². The molecule has 19 aliphatic rings. The molecule has 0 spiro atoms. The molecule has 1 aliphatic heterocycles. The van der Waals surface area contributed by atoms with Crippen molar-refractivity contribution in [3.05, 3.63) is 0 Å². The van der Waals surface area contributed by atoms with Crippen molar-refractivity contribution in [3.8, 4) is 0 Å². The van der Waals surface area contributed by atoms with E-state index in [9.17, 15) is 67.1 Å². The average Bonchev–Trinajstić information content (AvgIpc) is 0.995. The first-order valence-corrected chi connectivity index (χ1v) is 35.9. The molecule has 2 atom stereocenters. The number of carbonyl (C=O) groups excluding carboxylic acids is 12. The summed E-state index contributed by atoms with van der Waals surface area (Å²) in [6.07, 6.45) is 12.3. The fraction of sp³-hybridized carbons (Fsp3) is 0.797. The number of aliphatic hydroxyl groups is 2. The van der Waals surface area contributed by atoms with Crippen molar-refractivity contribution in [1.82, 2.24) is 0 Å². The van der Waals surface area contributed by atoms with Gasteiger partial charge < -0.3 is 78.3 Å². The van der Waals surface area contributed by atoms with E-state index in [0.29, 0.717) is 102 Å². The van der Waals surface area contributed by atoms with E-state index in [-0.39, 0.29) is 116 Å². The van der Waals surface area contributed by atoms with Crippen LogP contribution in [0.5, 0.6) is 0 Å². The summed E-state index contributed by atoms with van der Waals surface area (Å²) in [5.74, 6) is -3.02. The number of carboxylic acids is 2. The van der Waals surface area contributed by atoms with Gasteiger partial charge in [0.15, 0.2) is 11.9 Å². The number of nitrogens with zero attached hydrogens (tertiary/aromatic N) is 1. The Kier molecular flexibility index (Phi) is 24.8. The summed E-state index contributed by atoms with van der Waals surface area (Å²) in [5, 5.41) is 32.6. The Hall–Kier alpha value is -6.89. The lowest BCUT2D eigenvalue weighted by molar-refractivity contribution is -0.245. The topological polar surface area (TPSA) is 451 Å². The molecule has 19 rings (SSSR count). The van der Waals surface area contributed by atoms with Crippen molar-refractivity contribution in [2.45, 2.75) is 260 Å². The molecule has 596 valence electrons. The molecule has 32 heteroatoms. The van der Waals surface area contributed by atoms with Crippen LogP contribution in [0.1, 0.15) is 219 Å². The van der Waals surface area contributed by atoms with E-state index >= 15 is 0 Å². The highest BCUT2D eigenvalue weighted by Crippen LogP contribution is 2.78. The number of carbonyl (C=O) groups is 14. The summed E-state index contributed by atoms with van der Waals surface area (Å²) in [6.45, 7) is 28.0. The molecule has 6 N–H and O–H groups in total. The minimum atomic E-state index is -1.14. The summed E-state index contributed by atoms with van der Waals surface area (Å²) in [7, 11) is 5.30. The number of aliphatic hydroxyl groups excluding tert-OH is 2. The van der Waals surface area contributed by atoms with Gasteiger partial charge in [0.05, 0.1) is 83.8 Å². The maximum atomic E-state index is 12.2. The van der Waals surface area contributed by atoms with Crippen molar-refractivity contribution < 1.29 is 135 Å². The largest absolute Gasteiger partial charge is 0.481 e. The van der Waals surface area contributed by atoms with Crippen molar-refractivity contribution in [2.24, 2.45) is 75.7 Å².